The van der Waals surface area contributed by atoms with Gasteiger partial charge in [-0.15, -0.1) is 0 Å². The lowest BCUT2D eigenvalue weighted by atomic mass is 9.86. The Morgan fingerprint density at radius 1 is 1.02 bits per heavy atom. The van der Waals surface area contributed by atoms with Crippen LogP contribution in [0, 0.1) is 17.3 Å². The Morgan fingerprint density at radius 3 is 2.37 bits per heavy atom. The molecule has 0 aromatic heterocycles. The number of piperidine rings is 1. The molecule has 3 aliphatic rings. The number of aliphatic imine (C=N–C) groups is 1. The fourth-order valence-electron chi connectivity index (χ4n) is 7.73. The molecule has 3 amide bonds. The Labute approximate surface area is 308 Å². The quantitative estimate of drug-likeness (QED) is 0.153. The molecule has 1 aromatic carbocycles. The minimum Gasteiger partial charge on any atom is -0.434 e. The zero-order valence-electron chi connectivity index (χ0n) is 31.2. The number of nitrogens with two attached hydrogens (primary N) is 2. The molecule has 4 rings (SSSR count). The maximum atomic E-state index is 14.1. The number of benzene rings is 1. The van der Waals surface area contributed by atoms with E-state index in [-0.39, 0.29) is 25.3 Å². The van der Waals surface area contributed by atoms with Crippen LogP contribution < -0.4 is 11.6 Å². The number of rotatable bonds is 15. The molecule has 4 N–H and O–H groups in total. The van der Waals surface area contributed by atoms with Gasteiger partial charge in [0, 0.05) is 31.3 Å². The van der Waals surface area contributed by atoms with Crippen LogP contribution in [0.5, 0.6) is 0 Å². The normalized spacial score (nSPS) is 23.4. The van der Waals surface area contributed by atoms with Gasteiger partial charge in [0.2, 0.25) is 21.8 Å². The van der Waals surface area contributed by atoms with Gasteiger partial charge in [-0.2, -0.15) is 4.31 Å². The van der Waals surface area contributed by atoms with Gasteiger partial charge in [0.15, 0.2) is 0 Å². The van der Waals surface area contributed by atoms with E-state index in [1.165, 1.54) is 21.8 Å². The predicted molar refractivity (Wildman–Crippen MR) is 197 cm³/mol. The first-order valence-electron chi connectivity index (χ1n) is 18.6. The first-order valence-corrected chi connectivity index (χ1v) is 20.4. The largest absolute Gasteiger partial charge is 0.508 e. The molecular weight excluding hydrogens is 689 g/mol. The van der Waals surface area contributed by atoms with E-state index in [2.05, 4.69) is 4.99 Å². The number of hydrazine groups is 1. The van der Waals surface area contributed by atoms with Crippen LogP contribution in [0.2, 0.25) is 0 Å². The van der Waals surface area contributed by atoms with Crippen LogP contribution in [-0.2, 0) is 40.3 Å². The SMILES string of the molecule is CC(CC(C)(C)C(=O)N=CC1CC(CN([C@H](Cc2ccccc2)C(=O)N2CCC[C@H]2C(N)=O)S(C)(=O)=O)CCN1N)OC(=O)OCC1CCCCC1. The van der Waals surface area contributed by atoms with E-state index in [4.69, 9.17) is 21.1 Å². The van der Waals surface area contributed by atoms with Crippen molar-refractivity contribution in [1.29, 1.82) is 0 Å². The van der Waals surface area contributed by atoms with Crippen molar-refractivity contribution >= 4 is 40.1 Å². The molecule has 2 saturated heterocycles. The summed E-state index contributed by atoms with van der Waals surface area (Å²) >= 11 is 0. The van der Waals surface area contributed by atoms with Crippen LogP contribution in [0.15, 0.2) is 35.3 Å². The van der Waals surface area contributed by atoms with Crippen LogP contribution >= 0.6 is 0 Å². The second-order valence-corrected chi connectivity index (χ2v) is 17.4. The Hall–Kier alpha value is -3.40. The molecule has 0 bridgehead atoms. The van der Waals surface area contributed by atoms with E-state index in [1.807, 2.05) is 30.3 Å². The molecule has 290 valence electrons. The molecule has 0 spiro atoms. The molecule has 2 heterocycles. The van der Waals surface area contributed by atoms with Gasteiger partial charge in [0.25, 0.3) is 5.91 Å². The number of nitrogens with zero attached hydrogens (tertiary/aromatic N) is 4. The number of ether oxygens (including phenoxy) is 2. The standard InChI is InChI=1S/C37H58N6O8S/c1-26(51-36(47)50-25-28-14-9-6-10-15-28)22-37(2,3)35(46)40-23-30-20-29(17-19-42(30)39)24-43(52(4,48)49)32(21-27-12-7-5-8-13-27)34(45)41-18-11-16-31(41)33(38)44/h5,7-8,12-13,23,26,28-32H,6,9-11,14-22,24-25,39H2,1-4H3,(H2,38,44)/t26?,29?,30?,31-,32+/m0/s1. The van der Waals surface area contributed by atoms with E-state index < -0.39 is 63.5 Å². The highest BCUT2D eigenvalue weighted by Crippen LogP contribution is 2.29. The highest BCUT2D eigenvalue weighted by molar-refractivity contribution is 7.88. The summed E-state index contributed by atoms with van der Waals surface area (Å²) in [4.78, 5) is 57.6. The van der Waals surface area contributed by atoms with Gasteiger partial charge >= 0.3 is 6.16 Å². The molecule has 2 aliphatic heterocycles. The number of hydrogen-bond donors (Lipinski definition) is 2. The zero-order chi connectivity index (χ0) is 38.1. The predicted octanol–water partition coefficient (Wildman–Crippen LogP) is 3.43. The number of carbonyl (C=O) groups is 4. The topological polar surface area (TPSA) is 195 Å². The average molecular weight is 747 g/mol. The van der Waals surface area contributed by atoms with Gasteiger partial charge in [0.05, 0.1) is 18.9 Å². The third-order valence-electron chi connectivity index (χ3n) is 10.6. The third-order valence-corrected chi connectivity index (χ3v) is 11.9. The second-order valence-electron chi connectivity index (χ2n) is 15.5. The third kappa shape index (κ3) is 11.8. The fourth-order valence-corrected chi connectivity index (χ4v) is 8.84. The second kappa shape index (κ2) is 18.6. The summed E-state index contributed by atoms with van der Waals surface area (Å²) in [6.45, 7) is 6.31. The van der Waals surface area contributed by atoms with Crippen molar-refractivity contribution < 1.29 is 37.1 Å². The molecule has 3 unspecified atom stereocenters. The van der Waals surface area contributed by atoms with Crippen molar-refractivity contribution in [3.63, 3.8) is 0 Å². The summed E-state index contributed by atoms with van der Waals surface area (Å²) in [6.07, 6.45) is 9.22. The van der Waals surface area contributed by atoms with Crippen molar-refractivity contribution in [2.45, 2.75) is 116 Å². The molecule has 1 saturated carbocycles. The monoisotopic (exact) mass is 746 g/mol. The minimum absolute atomic E-state index is 0.0421. The number of hydrogen-bond acceptors (Lipinski definition) is 10. The first-order chi connectivity index (χ1) is 24.5. The van der Waals surface area contributed by atoms with Crippen molar-refractivity contribution in [3.8, 4) is 0 Å². The molecular formula is C37H58N6O8S. The summed E-state index contributed by atoms with van der Waals surface area (Å²) in [6, 6.07) is 6.83. The van der Waals surface area contributed by atoms with Crippen molar-refractivity contribution in [1.82, 2.24) is 14.2 Å². The number of amides is 3. The van der Waals surface area contributed by atoms with Crippen LogP contribution in [0.4, 0.5) is 4.79 Å². The summed E-state index contributed by atoms with van der Waals surface area (Å²) in [5.74, 6) is 5.02. The highest BCUT2D eigenvalue weighted by Gasteiger charge is 2.42. The smallest absolute Gasteiger partial charge is 0.434 e. The lowest BCUT2D eigenvalue weighted by Crippen LogP contribution is -2.57. The Bertz CT molecular complexity index is 1520. The number of primary amides is 1. The average Bonchev–Trinajstić information content (AvgIpc) is 3.59. The van der Waals surface area contributed by atoms with Crippen LogP contribution in [-0.4, -0.2) is 109 Å². The van der Waals surface area contributed by atoms with Crippen molar-refractivity contribution in [3.05, 3.63) is 35.9 Å². The number of likely N-dealkylation sites (tertiary alicyclic amines) is 1. The maximum absolute atomic E-state index is 14.1. The van der Waals surface area contributed by atoms with Gasteiger partial charge in [-0.1, -0.05) is 63.4 Å². The molecule has 15 heteroatoms. The maximum Gasteiger partial charge on any atom is 0.508 e. The summed E-state index contributed by atoms with van der Waals surface area (Å²) in [5.41, 5.74) is 5.46. The highest BCUT2D eigenvalue weighted by atomic mass is 32.2. The summed E-state index contributed by atoms with van der Waals surface area (Å²) in [5, 5.41) is 1.58. The van der Waals surface area contributed by atoms with E-state index in [0.717, 1.165) is 37.5 Å². The van der Waals surface area contributed by atoms with E-state index in [0.29, 0.717) is 51.3 Å². The molecule has 1 aliphatic carbocycles. The van der Waals surface area contributed by atoms with Gasteiger partial charge in [-0.05, 0) is 75.7 Å². The molecule has 14 nitrogen and oxygen atoms in total. The molecule has 1 aromatic rings. The summed E-state index contributed by atoms with van der Waals surface area (Å²) < 4.78 is 38.9. The summed E-state index contributed by atoms with van der Waals surface area (Å²) in [7, 11) is -3.91. The fraction of sp³-hybridized carbons (Fsp3) is 0.703. The van der Waals surface area contributed by atoms with Crippen molar-refractivity contribution in [2.75, 3.05) is 32.5 Å². The van der Waals surface area contributed by atoms with Crippen LogP contribution in [0.25, 0.3) is 0 Å². The molecule has 5 atom stereocenters. The van der Waals surface area contributed by atoms with Crippen molar-refractivity contribution in [2.24, 2.45) is 33.8 Å². The Morgan fingerprint density at radius 2 is 1.71 bits per heavy atom. The van der Waals surface area contributed by atoms with Crippen LogP contribution in [0.1, 0.15) is 90.5 Å². The Balaban J connectivity index is 1.41. The Kier molecular flexibility index (Phi) is 14.8. The molecule has 52 heavy (non-hydrogen) atoms. The van der Waals surface area contributed by atoms with E-state index in [9.17, 15) is 27.6 Å². The van der Waals surface area contributed by atoms with Gasteiger partial charge in [-0.3, -0.25) is 20.2 Å². The van der Waals surface area contributed by atoms with Gasteiger partial charge < -0.3 is 20.1 Å². The lowest BCUT2D eigenvalue weighted by Gasteiger charge is -2.39. The van der Waals surface area contributed by atoms with Gasteiger partial charge in [0.1, 0.15) is 18.2 Å². The van der Waals surface area contributed by atoms with E-state index in [1.54, 1.807) is 25.8 Å². The zero-order valence-corrected chi connectivity index (χ0v) is 32.0. The lowest BCUT2D eigenvalue weighted by molar-refractivity contribution is -0.140. The van der Waals surface area contributed by atoms with E-state index >= 15 is 0 Å². The first kappa shape index (κ1) is 41.4. The van der Waals surface area contributed by atoms with Gasteiger partial charge in [-0.25, -0.2) is 23.2 Å². The number of sulfonamides is 1. The number of carbonyl (C=O) groups excluding carboxylic acids is 4. The molecule has 0 radical (unpaired) electrons. The van der Waals surface area contributed by atoms with Crippen LogP contribution in [0.3, 0.4) is 0 Å². The minimum atomic E-state index is -3.91. The molecule has 3 fully saturated rings.